The molecule has 0 heterocycles. The second kappa shape index (κ2) is 4.30. The average Bonchev–Trinajstić information content (AvgIpc) is 3.14. The minimum atomic E-state index is -0.403. The number of rotatable bonds is 3. The predicted molar refractivity (Wildman–Crippen MR) is 70.1 cm³/mol. The standard InChI is InChI=1S/C15H20O3/c1-9-8-12(17-4)10(2)11(3)13(9)15(6-7-15)14(16)18-5/h8H,6-7H2,1-5H3. The van der Waals surface area contributed by atoms with E-state index in [0.717, 1.165) is 40.8 Å². The van der Waals surface area contributed by atoms with Gasteiger partial charge in [-0.1, -0.05) is 0 Å². The Hall–Kier alpha value is -1.51. The molecule has 3 heteroatoms. The zero-order valence-corrected chi connectivity index (χ0v) is 11.7. The quantitative estimate of drug-likeness (QED) is 0.772. The molecule has 0 bridgehead atoms. The van der Waals surface area contributed by atoms with Crippen LogP contribution in [-0.2, 0) is 14.9 Å². The maximum absolute atomic E-state index is 12.0. The fourth-order valence-corrected chi connectivity index (χ4v) is 2.87. The van der Waals surface area contributed by atoms with Gasteiger partial charge < -0.3 is 9.47 Å². The molecule has 0 N–H and O–H groups in total. The summed E-state index contributed by atoms with van der Waals surface area (Å²) in [6, 6.07) is 2.01. The fourth-order valence-electron chi connectivity index (χ4n) is 2.87. The molecular formula is C15H20O3. The number of benzene rings is 1. The third-order valence-corrected chi connectivity index (χ3v) is 4.07. The summed E-state index contributed by atoms with van der Waals surface area (Å²) < 4.78 is 10.3. The number of esters is 1. The first kappa shape index (κ1) is 12.9. The molecule has 0 unspecified atom stereocenters. The zero-order valence-electron chi connectivity index (χ0n) is 11.7. The predicted octanol–water partition coefficient (Wildman–Crippen LogP) is 2.83. The van der Waals surface area contributed by atoms with Crippen LogP contribution in [0.4, 0.5) is 0 Å². The molecule has 0 atom stereocenters. The van der Waals surface area contributed by atoms with Crippen LogP contribution in [0.15, 0.2) is 6.07 Å². The smallest absolute Gasteiger partial charge is 0.316 e. The number of hydrogen-bond acceptors (Lipinski definition) is 3. The van der Waals surface area contributed by atoms with Crippen molar-refractivity contribution in [3.8, 4) is 5.75 Å². The van der Waals surface area contributed by atoms with Gasteiger partial charge in [0, 0.05) is 0 Å². The van der Waals surface area contributed by atoms with Crippen molar-refractivity contribution in [1.29, 1.82) is 0 Å². The summed E-state index contributed by atoms with van der Waals surface area (Å²) in [7, 11) is 3.14. The third-order valence-electron chi connectivity index (χ3n) is 4.07. The molecule has 0 radical (unpaired) electrons. The Morgan fingerprint density at radius 2 is 1.78 bits per heavy atom. The van der Waals surface area contributed by atoms with E-state index >= 15 is 0 Å². The van der Waals surface area contributed by atoms with Crippen molar-refractivity contribution in [2.24, 2.45) is 0 Å². The third kappa shape index (κ3) is 1.69. The van der Waals surface area contributed by atoms with Crippen LogP contribution in [-0.4, -0.2) is 20.2 Å². The second-order valence-corrected chi connectivity index (χ2v) is 5.09. The van der Waals surface area contributed by atoms with Crippen molar-refractivity contribution >= 4 is 5.97 Å². The van der Waals surface area contributed by atoms with Crippen molar-refractivity contribution in [2.75, 3.05) is 14.2 Å². The van der Waals surface area contributed by atoms with Crippen LogP contribution in [0.2, 0.25) is 0 Å². The molecule has 1 aliphatic carbocycles. The maximum atomic E-state index is 12.0. The minimum absolute atomic E-state index is 0.113. The summed E-state index contributed by atoms with van der Waals surface area (Å²) in [4.78, 5) is 12.0. The molecule has 0 amide bonds. The number of carbonyl (C=O) groups is 1. The molecule has 1 fully saturated rings. The van der Waals surface area contributed by atoms with Gasteiger partial charge in [0.25, 0.3) is 0 Å². The van der Waals surface area contributed by atoms with E-state index in [1.54, 1.807) is 7.11 Å². The molecule has 1 aliphatic rings. The summed E-state index contributed by atoms with van der Waals surface area (Å²) in [6.45, 7) is 6.13. The highest BCUT2D eigenvalue weighted by molar-refractivity contribution is 5.88. The number of hydrogen-bond donors (Lipinski definition) is 0. The summed E-state index contributed by atoms with van der Waals surface area (Å²) in [5.74, 6) is 0.771. The van der Waals surface area contributed by atoms with E-state index in [9.17, 15) is 4.79 Å². The Morgan fingerprint density at radius 1 is 1.17 bits per heavy atom. The van der Waals surface area contributed by atoms with Gasteiger partial charge in [-0.15, -0.1) is 0 Å². The molecule has 0 aliphatic heterocycles. The van der Waals surface area contributed by atoms with Crippen molar-refractivity contribution in [1.82, 2.24) is 0 Å². The van der Waals surface area contributed by atoms with Gasteiger partial charge in [-0.25, -0.2) is 0 Å². The Morgan fingerprint density at radius 3 is 2.22 bits per heavy atom. The minimum Gasteiger partial charge on any atom is -0.496 e. The van der Waals surface area contributed by atoms with Crippen molar-refractivity contribution in [2.45, 2.75) is 39.0 Å². The van der Waals surface area contributed by atoms with Crippen LogP contribution in [0.25, 0.3) is 0 Å². The average molecular weight is 248 g/mol. The summed E-state index contributed by atoms with van der Waals surface area (Å²) in [5.41, 5.74) is 4.09. The molecule has 1 aromatic carbocycles. The van der Waals surface area contributed by atoms with Gasteiger partial charge >= 0.3 is 5.97 Å². The molecule has 1 saturated carbocycles. The molecule has 1 aromatic rings. The summed E-state index contributed by atoms with van der Waals surface area (Å²) >= 11 is 0. The normalized spacial score (nSPS) is 16.3. The molecule has 98 valence electrons. The number of carbonyl (C=O) groups excluding carboxylic acids is 1. The molecular weight excluding hydrogens is 228 g/mol. The zero-order chi connectivity index (χ0) is 13.5. The lowest BCUT2D eigenvalue weighted by Crippen LogP contribution is -2.24. The first-order valence-corrected chi connectivity index (χ1v) is 6.21. The van der Waals surface area contributed by atoms with Crippen molar-refractivity contribution in [3.63, 3.8) is 0 Å². The van der Waals surface area contributed by atoms with E-state index < -0.39 is 5.41 Å². The van der Waals surface area contributed by atoms with Crippen LogP contribution in [0.1, 0.15) is 35.1 Å². The summed E-state index contributed by atoms with van der Waals surface area (Å²) in [6.07, 6.45) is 1.76. The van der Waals surface area contributed by atoms with Gasteiger partial charge in [0.2, 0.25) is 0 Å². The van der Waals surface area contributed by atoms with Gasteiger partial charge in [-0.2, -0.15) is 0 Å². The maximum Gasteiger partial charge on any atom is 0.316 e. The van der Waals surface area contributed by atoms with Gasteiger partial charge in [-0.05, 0) is 61.9 Å². The first-order chi connectivity index (χ1) is 8.47. The van der Waals surface area contributed by atoms with Gasteiger partial charge in [-0.3, -0.25) is 4.79 Å². The lowest BCUT2D eigenvalue weighted by atomic mass is 9.85. The highest BCUT2D eigenvalue weighted by atomic mass is 16.5. The van der Waals surface area contributed by atoms with E-state index in [-0.39, 0.29) is 5.97 Å². The van der Waals surface area contributed by atoms with Crippen LogP contribution in [0.3, 0.4) is 0 Å². The van der Waals surface area contributed by atoms with Gasteiger partial charge in [0.05, 0.1) is 19.6 Å². The molecule has 3 nitrogen and oxygen atoms in total. The van der Waals surface area contributed by atoms with E-state index in [2.05, 4.69) is 6.92 Å². The molecule has 0 saturated heterocycles. The Kier molecular flexibility index (Phi) is 3.09. The topological polar surface area (TPSA) is 35.5 Å². The molecule has 18 heavy (non-hydrogen) atoms. The molecule has 0 aromatic heterocycles. The lowest BCUT2D eigenvalue weighted by molar-refractivity contribution is -0.143. The lowest BCUT2D eigenvalue weighted by Gasteiger charge is -2.21. The number of ether oxygens (including phenoxy) is 2. The van der Waals surface area contributed by atoms with E-state index in [0.29, 0.717) is 0 Å². The molecule has 2 rings (SSSR count). The fraction of sp³-hybridized carbons (Fsp3) is 0.533. The van der Waals surface area contributed by atoms with Gasteiger partial charge in [0.15, 0.2) is 0 Å². The van der Waals surface area contributed by atoms with Gasteiger partial charge in [0.1, 0.15) is 5.75 Å². The van der Waals surface area contributed by atoms with Crippen LogP contribution < -0.4 is 4.74 Å². The highest BCUT2D eigenvalue weighted by Gasteiger charge is 2.54. The number of aryl methyl sites for hydroxylation is 1. The van der Waals surface area contributed by atoms with Crippen molar-refractivity contribution < 1.29 is 14.3 Å². The largest absolute Gasteiger partial charge is 0.496 e. The number of methoxy groups -OCH3 is 2. The first-order valence-electron chi connectivity index (χ1n) is 6.21. The van der Waals surface area contributed by atoms with E-state index in [1.807, 2.05) is 19.9 Å². The highest BCUT2D eigenvalue weighted by Crippen LogP contribution is 2.52. The van der Waals surface area contributed by atoms with Crippen LogP contribution in [0, 0.1) is 20.8 Å². The van der Waals surface area contributed by atoms with E-state index in [1.165, 1.54) is 7.11 Å². The SMILES string of the molecule is COC(=O)C1(c2c(C)cc(OC)c(C)c2C)CC1. The molecule has 0 spiro atoms. The van der Waals surface area contributed by atoms with Crippen LogP contribution in [0.5, 0.6) is 5.75 Å². The second-order valence-electron chi connectivity index (χ2n) is 5.09. The van der Waals surface area contributed by atoms with E-state index in [4.69, 9.17) is 9.47 Å². The van der Waals surface area contributed by atoms with Crippen LogP contribution >= 0.6 is 0 Å². The monoisotopic (exact) mass is 248 g/mol. The summed E-state index contributed by atoms with van der Waals surface area (Å²) in [5, 5.41) is 0. The Bertz CT molecular complexity index is 499. The Labute approximate surface area is 108 Å². The Balaban J connectivity index is 2.59. The van der Waals surface area contributed by atoms with Crippen molar-refractivity contribution in [3.05, 3.63) is 28.3 Å².